The van der Waals surface area contributed by atoms with Crippen molar-refractivity contribution in [3.8, 4) is 5.75 Å². The van der Waals surface area contributed by atoms with E-state index in [9.17, 15) is 14.4 Å². The number of benzene rings is 2. The van der Waals surface area contributed by atoms with Gasteiger partial charge in [0, 0.05) is 0 Å². The van der Waals surface area contributed by atoms with Gasteiger partial charge in [-0.15, -0.1) is 0 Å². The highest BCUT2D eigenvalue weighted by Crippen LogP contribution is 2.34. The smallest absolute Gasteiger partial charge is 0.322 e. The van der Waals surface area contributed by atoms with Gasteiger partial charge < -0.3 is 15.2 Å². The predicted molar refractivity (Wildman–Crippen MR) is 122 cm³/mol. The minimum atomic E-state index is -1.17. The molecule has 31 heavy (non-hydrogen) atoms. The molecular weight excluding hydrogens is 436 g/mol. The van der Waals surface area contributed by atoms with E-state index >= 15 is 0 Å². The van der Waals surface area contributed by atoms with E-state index in [-0.39, 0.29) is 4.32 Å². The minimum absolute atomic E-state index is 0.241. The van der Waals surface area contributed by atoms with Gasteiger partial charge in [-0.25, -0.2) is 0 Å². The number of carbonyl (C=O) groups excluding carboxylic acids is 2. The SMILES string of the molecule is CC(C(=O)NCC(=O)O)N1C(=O)/C(=C/c2cccc(OCc3ccccc3)c2)SC1=S. The van der Waals surface area contributed by atoms with E-state index in [4.69, 9.17) is 22.1 Å². The molecule has 3 rings (SSSR count). The number of rotatable bonds is 8. The van der Waals surface area contributed by atoms with Crippen LogP contribution in [-0.2, 0) is 21.0 Å². The zero-order valence-electron chi connectivity index (χ0n) is 16.6. The van der Waals surface area contributed by atoms with Crippen molar-refractivity contribution in [2.24, 2.45) is 0 Å². The minimum Gasteiger partial charge on any atom is -0.489 e. The van der Waals surface area contributed by atoms with Crippen LogP contribution >= 0.6 is 24.0 Å². The fraction of sp³-hybridized carbons (Fsp3) is 0.182. The second-order valence-corrected chi connectivity index (χ2v) is 8.36. The summed E-state index contributed by atoms with van der Waals surface area (Å²) in [5, 5.41) is 11.0. The molecule has 0 aromatic heterocycles. The Balaban J connectivity index is 1.69. The Kier molecular flexibility index (Phi) is 7.43. The molecule has 1 fully saturated rings. The molecule has 1 heterocycles. The van der Waals surface area contributed by atoms with Crippen molar-refractivity contribution < 1.29 is 24.2 Å². The summed E-state index contributed by atoms with van der Waals surface area (Å²) in [6, 6.07) is 16.2. The molecule has 1 aliphatic rings. The van der Waals surface area contributed by atoms with Crippen LogP contribution in [0, 0.1) is 0 Å². The molecule has 0 radical (unpaired) electrons. The van der Waals surface area contributed by atoms with Gasteiger partial charge in [0.15, 0.2) is 0 Å². The topological polar surface area (TPSA) is 95.9 Å². The molecule has 1 atom stereocenters. The Morgan fingerprint density at radius 3 is 2.68 bits per heavy atom. The molecule has 9 heteroatoms. The van der Waals surface area contributed by atoms with Crippen LogP contribution < -0.4 is 10.1 Å². The lowest BCUT2D eigenvalue weighted by Gasteiger charge is -2.21. The fourth-order valence-corrected chi connectivity index (χ4v) is 4.25. The number of nitrogens with one attached hydrogen (secondary N) is 1. The van der Waals surface area contributed by atoms with Gasteiger partial charge in [0.2, 0.25) is 5.91 Å². The van der Waals surface area contributed by atoms with Gasteiger partial charge in [0.25, 0.3) is 5.91 Å². The monoisotopic (exact) mass is 456 g/mol. The van der Waals surface area contributed by atoms with E-state index in [1.807, 2.05) is 54.6 Å². The van der Waals surface area contributed by atoms with Crippen LogP contribution in [0.1, 0.15) is 18.1 Å². The third kappa shape index (κ3) is 5.93. The molecule has 1 aliphatic heterocycles. The summed E-state index contributed by atoms with van der Waals surface area (Å²) in [5.41, 5.74) is 1.80. The van der Waals surface area contributed by atoms with Gasteiger partial charge >= 0.3 is 5.97 Å². The average molecular weight is 457 g/mol. The van der Waals surface area contributed by atoms with Crippen LogP contribution in [0.15, 0.2) is 59.5 Å². The molecule has 2 amide bonds. The molecule has 1 unspecified atom stereocenters. The maximum Gasteiger partial charge on any atom is 0.322 e. The molecule has 7 nitrogen and oxygen atoms in total. The Bertz CT molecular complexity index is 1040. The lowest BCUT2D eigenvalue weighted by molar-refractivity contribution is -0.139. The summed E-state index contributed by atoms with van der Waals surface area (Å²) >= 11 is 6.36. The summed E-state index contributed by atoms with van der Waals surface area (Å²) in [4.78, 5) is 37.2. The number of aliphatic carboxylic acids is 1. The third-order valence-corrected chi connectivity index (χ3v) is 5.74. The highest BCUT2D eigenvalue weighted by Gasteiger charge is 2.38. The first-order chi connectivity index (χ1) is 14.8. The molecule has 2 aromatic rings. The first kappa shape index (κ1) is 22.5. The number of hydrogen-bond donors (Lipinski definition) is 2. The second-order valence-electron chi connectivity index (χ2n) is 6.69. The Labute approximate surface area is 189 Å². The van der Waals surface area contributed by atoms with Gasteiger partial charge in [-0.3, -0.25) is 19.3 Å². The van der Waals surface area contributed by atoms with E-state index < -0.39 is 30.4 Å². The molecule has 160 valence electrons. The van der Waals surface area contributed by atoms with Crippen LogP contribution in [-0.4, -0.2) is 44.7 Å². The highest BCUT2D eigenvalue weighted by atomic mass is 32.2. The van der Waals surface area contributed by atoms with E-state index in [1.54, 1.807) is 6.08 Å². The van der Waals surface area contributed by atoms with Gasteiger partial charge in [-0.05, 0) is 36.3 Å². The van der Waals surface area contributed by atoms with Crippen molar-refractivity contribution in [3.63, 3.8) is 0 Å². The molecule has 2 aromatic carbocycles. The number of hydrogen-bond acceptors (Lipinski definition) is 6. The van der Waals surface area contributed by atoms with Crippen molar-refractivity contribution in [1.82, 2.24) is 10.2 Å². The standard InChI is InChI=1S/C22H20N2O5S2/c1-14(20(27)23-12-19(25)26)24-21(28)18(31-22(24)30)11-16-8-5-9-17(10-16)29-13-15-6-3-2-4-7-15/h2-11,14H,12-13H2,1H3,(H,23,27)(H,25,26)/b18-11-. The van der Waals surface area contributed by atoms with E-state index in [2.05, 4.69) is 5.32 Å². The first-order valence-corrected chi connectivity index (χ1v) is 10.6. The van der Waals surface area contributed by atoms with E-state index in [0.29, 0.717) is 17.3 Å². The predicted octanol–water partition coefficient (Wildman–Crippen LogP) is 3.06. The number of carboxylic acid groups (broad SMARTS) is 1. The number of amides is 2. The van der Waals surface area contributed by atoms with Crippen molar-refractivity contribution in [2.75, 3.05) is 6.54 Å². The van der Waals surface area contributed by atoms with Crippen LogP contribution in [0.4, 0.5) is 0 Å². The Morgan fingerprint density at radius 2 is 1.97 bits per heavy atom. The van der Waals surface area contributed by atoms with Gasteiger partial charge in [0.05, 0.1) is 4.91 Å². The number of thioether (sulfide) groups is 1. The van der Waals surface area contributed by atoms with E-state index in [1.165, 1.54) is 11.8 Å². The molecule has 1 saturated heterocycles. The average Bonchev–Trinajstić information content (AvgIpc) is 3.03. The van der Waals surface area contributed by atoms with Gasteiger partial charge in [-0.2, -0.15) is 0 Å². The second kappa shape index (κ2) is 10.2. The number of carbonyl (C=O) groups is 3. The summed E-state index contributed by atoms with van der Waals surface area (Å²) in [7, 11) is 0. The number of nitrogens with zero attached hydrogens (tertiary/aromatic N) is 1. The van der Waals surface area contributed by atoms with Crippen LogP contribution in [0.5, 0.6) is 5.75 Å². The number of carboxylic acids is 1. The zero-order chi connectivity index (χ0) is 22.4. The maximum absolute atomic E-state index is 12.8. The van der Waals surface area contributed by atoms with Crippen molar-refractivity contribution in [3.05, 3.63) is 70.6 Å². The van der Waals surface area contributed by atoms with Crippen molar-refractivity contribution in [1.29, 1.82) is 0 Å². The summed E-state index contributed by atoms with van der Waals surface area (Å²) in [6.07, 6.45) is 1.69. The lowest BCUT2D eigenvalue weighted by atomic mass is 10.2. The highest BCUT2D eigenvalue weighted by molar-refractivity contribution is 8.26. The molecule has 0 bridgehead atoms. The lowest BCUT2D eigenvalue weighted by Crippen LogP contribution is -2.48. The van der Waals surface area contributed by atoms with Crippen LogP contribution in [0.3, 0.4) is 0 Å². The van der Waals surface area contributed by atoms with Crippen LogP contribution in [0.2, 0.25) is 0 Å². The van der Waals surface area contributed by atoms with E-state index in [0.717, 1.165) is 22.9 Å². The number of thiocarbonyl (C=S) groups is 1. The van der Waals surface area contributed by atoms with Gasteiger partial charge in [-0.1, -0.05) is 66.4 Å². The van der Waals surface area contributed by atoms with Crippen molar-refractivity contribution >= 4 is 52.2 Å². The molecule has 2 N–H and O–H groups in total. The summed E-state index contributed by atoms with van der Waals surface area (Å²) in [5.74, 6) is -1.49. The van der Waals surface area contributed by atoms with Gasteiger partial charge in [0.1, 0.15) is 29.3 Å². The Morgan fingerprint density at radius 1 is 1.23 bits per heavy atom. The molecular formula is C22H20N2O5S2. The van der Waals surface area contributed by atoms with Crippen LogP contribution in [0.25, 0.3) is 6.08 Å². The fourth-order valence-electron chi connectivity index (χ4n) is 2.83. The summed E-state index contributed by atoms with van der Waals surface area (Å²) < 4.78 is 6.07. The zero-order valence-corrected chi connectivity index (χ0v) is 18.2. The van der Waals surface area contributed by atoms with Crippen molar-refractivity contribution in [2.45, 2.75) is 19.6 Å². The third-order valence-electron chi connectivity index (χ3n) is 4.41. The molecule has 0 aliphatic carbocycles. The molecule has 0 saturated carbocycles. The summed E-state index contributed by atoms with van der Waals surface area (Å²) in [6.45, 7) is 1.40. The molecule has 0 spiro atoms. The normalized spacial score (nSPS) is 15.8. The maximum atomic E-state index is 12.8. The number of ether oxygens (including phenoxy) is 1. The first-order valence-electron chi connectivity index (χ1n) is 9.38. The largest absolute Gasteiger partial charge is 0.489 e. The Hall–Kier alpha value is -3.17. The quantitative estimate of drug-likeness (QED) is 0.466.